The summed E-state index contributed by atoms with van der Waals surface area (Å²) in [6.45, 7) is 0. The normalized spacial score (nSPS) is 11.7. The summed E-state index contributed by atoms with van der Waals surface area (Å²) in [5, 5.41) is 12.0. The lowest BCUT2D eigenvalue weighted by molar-refractivity contribution is 0.669. The van der Waals surface area contributed by atoms with Crippen LogP contribution in [0.3, 0.4) is 0 Å². The maximum Gasteiger partial charge on any atom is 0.159 e. The second kappa shape index (κ2) is 13.9. The summed E-state index contributed by atoms with van der Waals surface area (Å²) in [6, 6.07) is 81.2. The van der Waals surface area contributed by atoms with Gasteiger partial charge in [0.1, 0.15) is 5.58 Å². The Kier molecular flexibility index (Phi) is 7.89. The van der Waals surface area contributed by atoms with Crippen molar-refractivity contribution in [2.24, 2.45) is 0 Å². The maximum atomic E-state index is 6.88. The molecule has 2 nitrogen and oxygen atoms in total. The Morgan fingerprint density at radius 2 is 0.833 bits per heavy atom. The van der Waals surface area contributed by atoms with E-state index >= 15 is 0 Å². The van der Waals surface area contributed by atoms with E-state index in [1.165, 1.54) is 65.5 Å². The van der Waals surface area contributed by atoms with E-state index in [0.29, 0.717) is 0 Å². The van der Waals surface area contributed by atoms with E-state index < -0.39 is 0 Å². The van der Waals surface area contributed by atoms with Crippen LogP contribution in [0.15, 0.2) is 229 Å². The fraction of sp³-hybridized carbons (Fsp3) is 0. The summed E-state index contributed by atoms with van der Waals surface area (Å²) in [6.07, 6.45) is 0. The minimum absolute atomic E-state index is 0.857. The van der Waals surface area contributed by atoms with Crippen molar-refractivity contribution in [1.29, 1.82) is 0 Å². The van der Waals surface area contributed by atoms with Crippen LogP contribution in [-0.4, -0.2) is 0 Å². The third-order valence-corrected chi connectivity index (χ3v) is 12.2. The molecular weight excluding hydrogens is 727 g/mol. The van der Waals surface area contributed by atoms with Gasteiger partial charge in [0.15, 0.2) is 5.58 Å². The van der Waals surface area contributed by atoms with Crippen LogP contribution in [0, 0.1) is 0 Å². The summed E-state index contributed by atoms with van der Waals surface area (Å²) in [5.41, 5.74) is 12.0. The molecule has 0 radical (unpaired) electrons. The van der Waals surface area contributed by atoms with Crippen molar-refractivity contribution < 1.29 is 4.42 Å². The van der Waals surface area contributed by atoms with Gasteiger partial charge in [-0.1, -0.05) is 176 Å². The topological polar surface area (TPSA) is 16.4 Å². The van der Waals surface area contributed by atoms with Gasteiger partial charge in [0.25, 0.3) is 0 Å². The monoisotopic (exact) mass is 763 g/mol. The number of fused-ring (bicyclic) bond motifs is 8. The second-order valence-electron chi connectivity index (χ2n) is 15.6. The van der Waals surface area contributed by atoms with E-state index in [-0.39, 0.29) is 0 Å². The molecule has 0 N–H and O–H groups in total. The minimum Gasteiger partial charge on any atom is -0.454 e. The van der Waals surface area contributed by atoms with Gasteiger partial charge in [0, 0.05) is 22.1 Å². The van der Waals surface area contributed by atoms with Crippen molar-refractivity contribution in [3.8, 4) is 33.4 Å². The number of hydrogen-bond acceptors (Lipinski definition) is 2. The Morgan fingerprint density at radius 1 is 0.283 bits per heavy atom. The summed E-state index contributed by atoms with van der Waals surface area (Å²) in [5.74, 6) is 0. The van der Waals surface area contributed by atoms with Crippen molar-refractivity contribution >= 4 is 82.1 Å². The zero-order chi connectivity index (χ0) is 39.6. The smallest absolute Gasteiger partial charge is 0.159 e. The zero-order valence-corrected chi connectivity index (χ0v) is 32.7. The number of para-hydroxylation sites is 1. The second-order valence-corrected chi connectivity index (χ2v) is 15.6. The van der Waals surface area contributed by atoms with Crippen LogP contribution in [0.4, 0.5) is 17.1 Å². The highest BCUT2D eigenvalue weighted by Crippen LogP contribution is 2.45. The SMILES string of the molecule is c1ccc(-c2ccc(-c3ccc(N(c4cccc(-c5cc6ccccc6c6ccccc56)c4)c4cccc5c4oc4cc6ccccc6cc45)cc3)c3ccccc23)cc1. The molecule has 0 aliphatic carbocycles. The fourth-order valence-electron chi connectivity index (χ4n) is 9.39. The highest BCUT2D eigenvalue weighted by atomic mass is 16.3. The van der Waals surface area contributed by atoms with Gasteiger partial charge in [-0.05, 0) is 125 Å². The largest absolute Gasteiger partial charge is 0.454 e. The number of furan rings is 1. The lowest BCUT2D eigenvalue weighted by Gasteiger charge is -2.26. The van der Waals surface area contributed by atoms with Crippen LogP contribution in [0.5, 0.6) is 0 Å². The molecule has 0 saturated carbocycles. The van der Waals surface area contributed by atoms with E-state index in [4.69, 9.17) is 4.42 Å². The van der Waals surface area contributed by atoms with Gasteiger partial charge in [-0.2, -0.15) is 0 Å². The fourth-order valence-corrected chi connectivity index (χ4v) is 9.39. The number of nitrogens with zero attached hydrogens (tertiary/aromatic N) is 1. The molecule has 0 atom stereocenters. The first-order valence-corrected chi connectivity index (χ1v) is 20.6. The van der Waals surface area contributed by atoms with Crippen LogP contribution in [0.2, 0.25) is 0 Å². The average Bonchev–Trinajstić information content (AvgIpc) is 3.69. The van der Waals surface area contributed by atoms with Gasteiger partial charge < -0.3 is 9.32 Å². The quantitative estimate of drug-likeness (QED) is 0.157. The first kappa shape index (κ1) is 34.1. The lowest BCUT2D eigenvalue weighted by Crippen LogP contribution is -2.10. The standard InChI is InChI=1S/C58H37NO/c1-2-14-38(15-3-1)47-32-33-48(51-24-9-8-23-50(47)51)39-28-30-44(31-29-39)59(56-27-13-26-53-55-35-40-16-4-5-17-41(40)37-57(55)60-58(53)56)45-20-12-19-42(34-45)54-36-43-18-6-7-21-46(43)49-22-10-11-25-52(49)54/h1-37H. The molecule has 11 aromatic carbocycles. The van der Waals surface area contributed by atoms with Crippen LogP contribution in [-0.2, 0) is 0 Å². The Hall–Kier alpha value is -7.94. The lowest BCUT2D eigenvalue weighted by atomic mass is 9.92. The number of hydrogen-bond donors (Lipinski definition) is 0. The molecule has 1 aromatic heterocycles. The minimum atomic E-state index is 0.857. The molecule has 0 fully saturated rings. The number of anilines is 3. The third-order valence-electron chi connectivity index (χ3n) is 12.2. The molecule has 60 heavy (non-hydrogen) atoms. The third kappa shape index (κ3) is 5.57. The molecule has 12 rings (SSSR count). The van der Waals surface area contributed by atoms with Crippen LogP contribution in [0.1, 0.15) is 0 Å². The zero-order valence-electron chi connectivity index (χ0n) is 32.7. The van der Waals surface area contributed by atoms with Crippen molar-refractivity contribution in [3.05, 3.63) is 224 Å². The van der Waals surface area contributed by atoms with Gasteiger partial charge in [0.05, 0.1) is 5.69 Å². The van der Waals surface area contributed by atoms with E-state index in [9.17, 15) is 0 Å². The van der Waals surface area contributed by atoms with Crippen LogP contribution in [0.25, 0.3) is 98.4 Å². The van der Waals surface area contributed by atoms with Gasteiger partial charge >= 0.3 is 0 Å². The molecule has 0 spiro atoms. The average molecular weight is 764 g/mol. The Labute approximate surface area is 347 Å². The highest BCUT2D eigenvalue weighted by molar-refractivity contribution is 6.15. The Bertz CT molecular complexity index is 3600. The van der Waals surface area contributed by atoms with Gasteiger partial charge in [-0.15, -0.1) is 0 Å². The van der Waals surface area contributed by atoms with Crippen molar-refractivity contribution in [1.82, 2.24) is 0 Å². The molecular formula is C58H37NO. The Balaban J connectivity index is 1.05. The van der Waals surface area contributed by atoms with Crippen molar-refractivity contribution in [2.75, 3.05) is 4.90 Å². The van der Waals surface area contributed by atoms with E-state index in [0.717, 1.165) is 50.0 Å². The van der Waals surface area contributed by atoms with Crippen LogP contribution >= 0.6 is 0 Å². The van der Waals surface area contributed by atoms with Crippen molar-refractivity contribution in [3.63, 3.8) is 0 Å². The molecule has 0 saturated heterocycles. The van der Waals surface area contributed by atoms with Crippen LogP contribution < -0.4 is 4.90 Å². The predicted molar refractivity (Wildman–Crippen MR) is 255 cm³/mol. The van der Waals surface area contributed by atoms with E-state index in [1.807, 2.05) is 0 Å². The first-order chi connectivity index (χ1) is 29.7. The number of benzene rings is 11. The maximum absolute atomic E-state index is 6.88. The first-order valence-electron chi connectivity index (χ1n) is 20.6. The van der Waals surface area contributed by atoms with Gasteiger partial charge in [-0.3, -0.25) is 0 Å². The number of rotatable bonds is 6. The molecule has 0 aliphatic heterocycles. The summed E-state index contributed by atoms with van der Waals surface area (Å²) < 4.78 is 6.88. The predicted octanol–water partition coefficient (Wildman–Crippen LogP) is 16.7. The van der Waals surface area contributed by atoms with Gasteiger partial charge in [0.2, 0.25) is 0 Å². The molecule has 0 aliphatic rings. The molecule has 0 unspecified atom stereocenters. The molecule has 0 amide bonds. The Morgan fingerprint density at radius 3 is 1.57 bits per heavy atom. The summed E-state index contributed by atoms with van der Waals surface area (Å²) >= 11 is 0. The van der Waals surface area contributed by atoms with Crippen molar-refractivity contribution in [2.45, 2.75) is 0 Å². The van der Waals surface area contributed by atoms with E-state index in [1.54, 1.807) is 0 Å². The molecule has 280 valence electrons. The molecule has 0 bridgehead atoms. The molecule has 1 heterocycles. The summed E-state index contributed by atoms with van der Waals surface area (Å²) in [4.78, 5) is 2.36. The van der Waals surface area contributed by atoms with Gasteiger partial charge in [-0.25, -0.2) is 0 Å². The van der Waals surface area contributed by atoms with E-state index in [2.05, 4.69) is 229 Å². The highest BCUT2D eigenvalue weighted by Gasteiger charge is 2.21. The summed E-state index contributed by atoms with van der Waals surface area (Å²) in [7, 11) is 0. The molecule has 12 aromatic rings. The molecule has 2 heteroatoms.